The number of nitrogens with two attached hydrogens (primary N) is 1. The normalized spacial score (nSPS) is 11.4. The number of carbonyl (C=O) groups excluding carboxylic acids is 5. The minimum Gasteiger partial charge on any atom is -0.753 e. The average Bonchev–Trinajstić information content (AvgIpc) is 1.66. The Hall–Kier alpha value is -8.70. The van der Waals surface area contributed by atoms with Gasteiger partial charge in [-0.3, -0.25) is 15.4 Å². The van der Waals surface area contributed by atoms with Gasteiger partial charge in [0.1, 0.15) is 26.4 Å². The van der Waals surface area contributed by atoms with Crippen molar-refractivity contribution in [3.63, 3.8) is 0 Å². The fourth-order valence-electron chi connectivity index (χ4n) is 11.2. The van der Waals surface area contributed by atoms with Gasteiger partial charge in [-0.05, 0) is 113 Å². The summed E-state index contributed by atoms with van der Waals surface area (Å²) in [4.78, 5) is 83.0. The molecule has 0 spiro atoms. The summed E-state index contributed by atoms with van der Waals surface area (Å²) < 4.78 is 20.7. The topological polar surface area (TPSA) is 350 Å². The third-order valence-electron chi connectivity index (χ3n) is 15.0. The van der Waals surface area contributed by atoms with Crippen molar-refractivity contribution in [2.45, 2.75) is 23.7 Å². The van der Waals surface area contributed by atoms with Crippen LogP contribution in [0.15, 0.2) is 204 Å². The first-order chi connectivity index (χ1) is 47.0. The van der Waals surface area contributed by atoms with Gasteiger partial charge in [0.2, 0.25) is 5.78 Å². The quantitative estimate of drug-likeness (QED) is 0.0114. The van der Waals surface area contributed by atoms with Gasteiger partial charge in [-0.1, -0.05) is 222 Å². The van der Waals surface area contributed by atoms with Gasteiger partial charge in [0.15, 0.2) is 15.9 Å². The molecule has 0 saturated heterocycles. The number of carboxylic acids is 2. The minimum absolute atomic E-state index is 0. The maximum Gasteiger partial charge on any atom is 1.00 e. The molecular weight excluding hydrogens is 1460 g/mol. The molecule has 0 bridgehead atoms. The number of aliphatic carboxylic acids is 1. The van der Waals surface area contributed by atoms with Crippen LogP contribution in [0.25, 0.3) is 49.9 Å². The molecule has 4 aliphatic rings. The molecule has 0 aliphatic heterocycles. The summed E-state index contributed by atoms with van der Waals surface area (Å²) in [5, 5.41) is 40.2. The number of hydrogen-bond donors (Lipinski definition) is 7. The van der Waals surface area contributed by atoms with E-state index >= 15 is 0 Å². The zero-order valence-corrected chi connectivity index (χ0v) is 61.5. The van der Waals surface area contributed by atoms with Crippen molar-refractivity contribution in [3.8, 4) is 44.5 Å². The molecule has 9 aromatic rings. The molecule has 13 rings (SSSR count). The number of nitrogens with one attached hydrogen (secondary N) is 2. The molecule has 8 aromatic carbocycles. The number of thiazole rings is 1. The summed E-state index contributed by atoms with van der Waals surface area (Å²) in [5.41, 5.74) is 23.2. The van der Waals surface area contributed by atoms with E-state index in [4.69, 9.17) is 57.0 Å². The number of carboxylic acid groups (broad SMARTS) is 2. The number of alkyl halides is 1. The summed E-state index contributed by atoms with van der Waals surface area (Å²) in [6, 6.07) is 65.2. The zero-order valence-electron chi connectivity index (χ0n) is 52.7. The van der Waals surface area contributed by atoms with E-state index in [1.807, 2.05) is 114 Å². The van der Waals surface area contributed by atoms with E-state index < -0.39 is 41.4 Å². The van der Waals surface area contributed by atoms with Crippen LogP contribution in [0.5, 0.6) is 0 Å². The number of anilines is 1. The first kappa shape index (κ1) is 81.0. The minimum atomic E-state index is -1.39. The molecule has 1 heterocycles. The van der Waals surface area contributed by atoms with Crippen LogP contribution in [0.1, 0.15) is 78.7 Å². The number of ether oxygens (including phenoxy) is 4. The summed E-state index contributed by atoms with van der Waals surface area (Å²) >= 11 is 21.7. The molecule has 502 valence electrons. The van der Waals surface area contributed by atoms with Crippen molar-refractivity contribution >= 4 is 138 Å². The maximum absolute atomic E-state index is 12.1. The summed E-state index contributed by atoms with van der Waals surface area (Å²) in [5.74, 6) is -3.21. The average molecular weight is 1520 g/mol. The van der Waals surface area contributed by atoms with E-state index in [1.54, 1.807) is 0 Å². The number of rotatable bonds is 12. The molecule has 1 aromatic heterocycles. The Labute approximate surface area is 644 Å². The molecule has 10 N–H and O–H groups in total. The van der Waals surface area contributed by atoms with Crippen LogP contribution in [0.4, 0.5) is 24.3 Å². The molecule has 4 aliphatic carbocycles. The van der Waals surface area contributed by atoms with Crippen LogP contribution in [-0.2, 0) is 28.5 Å². The van der Waals surface area contributed by atoms with E-state index in [0.717, 1.165) is 40.7 Å². The molecule has 0 saturated carbocycles. The van der Waals surface area contributed by atoms with Gasteiger partial charge in [0.25, 0.3) is 0 Å². The van der Waals surface area contributed by atoms with E-state index in [-0.39, 0.29) is 129 Å². The number of alkyl carbamates (subject to hydrolysis) is 1. The van der Waals surface area contributed by atoms with Crippen molar-refractivity contribution in [2.75, 3.05) is 44.2 Å². The number of isothiocyanates is 2. The van der Waals surface area contributed by atoms with Gasteiger partial charge in [0.05, 0.1) is 10.5 Å². The number of fused-ring (bicyclic) bond motifs is 12. The summed E-state index contributed by atoms with van der Waals surface area (Å²) in [6.07, 6.45) is -1.97. The van der Waals surface area contributed by atoms with Gasteiger partial charge in [-0.2, -0.15) is 5.16 Å². The zero-order chi connectivity index (χ0) is 70.0. The predicted octanol–water partition coefficient (Wildman–Crippen LogP) is 12.7. The van der Waals surface area contributed by atoms with Crippen LogP contribution in [-0.4, -0.2) is 116 Å². The predicted molar refractivity (Wildman–Crippen MR) is 389 cm³/mol. The molecule has 0 radical (unpaired) electrons. The van der Waals surface area contributed by atoms with Gasteiger partial charge in [0, 0.05) is 47.8 Å². The van der Waals surface area contributed by atoms with Gasteiger partial charge >= 0.3 is 87.0 Å². The van der Waals surface area contributed by atoms with Crippen LogP contribution < -0.4 is 73.9 Å². The number of benzene rings is 8. The fourth-order valence-corrected chi connectivity index (χ4v) is 12.3. The molecule has 0 atom stereocenters. The number of thiocarbonyl (C=S) groups is 3. The first-order valence-corrected chi connectivity index (χ1v) is 32.5. The van der Waals surface area contributed by atoms with Gasteiger partial charge in [-0.25, -0.2) is 33.8 Å². The van der Waals surface area contributed by atoms with Crippen molar-refractivity contribution in [1.29, 1.82) is 0 Å². The molecule has 0 unspecified atom stereocenters. The standard InChI is InChI=1S/C19H14N2O4S.C16H14N2O2S.C16H11NO2S.C15H11ClO2.C3H3BrO3.CNS.CH4O.K.H3N/c22-17(23)16-10-26-18(20-16)21-19(24)25-9-15-13-7-3-1-5-11(13)12-6-2-4-8-14(12)15;17-15(21)18-16(19)20-9-14-12-7-3-1-5-10(12)11-6-2-4-8-13(11)14;18-16(17-10-20)19-9-15-13-7-3-1-5-11(13)12-6-2-4-8-14(12)15;16-15(17)18-9-14-12-7-3-1-5-10(12)11-6-2-4-8-13(11)14;4-1-2(5)3(6)7;2-1-3;1-2;;/h1-8,10,15H,9H2,(H,22,23)(H,20,21,24);1-8,14H,9H2,(H3,17,18,19,21);1-8,15H,9H2;1-8,14H,9H2;1H2,(H,6,7);;2H,1H3;;1H3/q;;;;;-1;;+1;. The Morgan fingerprint density at radius 1 is 0.556 bits per heavy atom. The van der Waals surface area contributed by atoms with Crippen LogP contribution in [0.3, 0.4) is 0 Å². The number of aromatic nitrogens is 1. The van der Waals surface area contributed by atoms with E-state index in [0.29, 0.717) is 0 Å². The number of ketones is 1. The number of amides is 3. The Kier molecular flexibility index (Phi) is 33.5. The van der Waals surface area contributed by atoms with E-state index in [9.17, 15) is 33.6 Å². The molecule has 3 amide bonds. The first-order valence-electron chi connectivity index (χ1n) is 28.9. The van der Waals surface area contributed by atoms with Crippen molar-refractivity contribution in [3.05, 3.63) is 255 Å². The second-order valence-electron chi connectivity index (χ2n) is 20.3. The number of nitrogens with zero attached hydrogens (tertiary/aromatic N) is 3. The third kappa shape index (κ3) is 21.6. The number of carbonyl (C=O) groups is 7. The third-order valence-corrected chi connectivity index (χ3v) is 16.6. The Balaban J connectivity index is 0.000000226. The number of aliphatic imine (C=N–C) groups is 1. The Bertz CT molecular complexity index is 4280. The van der Waals surface area contributed by atoms with Crippen molar-refractivity contribution < 1.29 is 119 Å². The fraction of sp³-hybridized carbons (Fsp3) is 0.141. The largest absolute Gasteiger partial charge is 1.00 e. The molecule has 28 heteroatoms. The number of Topliss-reactive ketones (excluding diaryl/α,β-unsaturated/α-hetero) is 1. The van der Waals surface area contributed by atoms with E-state index in [1.165, 1.54) is 77.3 Å². The number of halogens is 2. The monoisotopic (exact) mass is 1520 g/mol. The SMILES string of the molecule is CO.N.NC(=S)NC(=O)OCC1c2ccccc2-c2ccccc21.O=C(Cl)OCC1c2ccccc2-c2ccccc21.O=C(N=C=S)OCC1c2ccccc2-c2ccccc21.O=C(Nc1nc(C(=O)O)cs1)OCC1c2ccccc2-c2ccccc21.O=C(O)C(=O)CBr.[K+].[N-]=C=S. The van der Waals surface area contributed by atoms with Crippen molar-refractivity contribution in [2.24, 2.45) is 10.7 Å². The van der Waals surface area contributed by atoms with Crippen LogP contribution in [0.2, 0.25) is 0 Å². The van der Waals surface area contributed by atoms with Crippen LogP contribution in [0, 0.1) is 0 Å². The molecule has 99 heavy (non-hydrogen) atoms. The number of aromatic carboxylic acids is 1. The Morgan fingerprint density at radius 2 is 0.838 bits per heavy atom. The smallest absolute Gasteiger partial charge is 0.753 e. The number of hydrogen-bond acceptors (Lipinski definition) is 18. The van der Waals surface area contributed by atoms with Gasteiger partial charge < -0.3 is 51.6 Å². The molecule has 21 nitrogen and oxygen atoms in total. The second kappa shape index (κ2) is 41.0. The second-order valence-corrected chi connectivity index (χ2v) is 22.9. The van der Waals surface area contributed by atoms with Crippen LogP contribution >= 0.6 is 75.5 Å². The molecular formula is C71H60BrClKN7O14S4. The molecule has 0 fully saturated rings. The number of aliphatic hydroxyl groups is 1. The Morgan fingerprint density at radius 3 is 1.08 bits per heavy atom. The maximum atomic E-state index is 12.1. The summed E-state index contributed by atoms with van der Waals surface area (Å²) in [6.45, 7) is 0.989. The van der Waals surface area contributed by atoms with Crippen molar-refractivity contribution in [1.82, 2.24) is 16.5 Å². The number of aliphatic hydroxyl groups excluding tert-OH is 1. The summed E-state index contributed by atoms with van der Waals surface area (Å²) in [7, 11) is 1.00. The van der Waals surface area contributed by atoms with Gasteiger partial charge in [-0.15, -0.1) is 16.3 Å². The van der Waals surface area contributed by atoms with E-state index in [2.05, 4.69) is 158 Å².